The molecule has 2 aromatic rings. The quantitative estimate of drug-likeness (QED) is 0.856. The predicted octanol–water partition coefficient (Wildman–Crippen LogP) is 2.27. The molecule has 0 bridgehead atoms. The van der Waals surface area contributed by atoms with Crippen molar-refractivity contribution < 1.29 is 9.53 Å². The molecule has 0 saturated carbocycles. The van der Waals surface area contributed by atoms with Crippen LogP contribution in [0.3, 0.4) is 0 Å². The Labute approximate surface area is 133 Å². The van der Waals surface area contributed by atoms with Crippen molar-refractivity contribution in [1.29, 1.82) is 0 Å². The fourth-order valence-electron chi connectivity index (χ4n) is 2.72. The van der Waals surface area contributed by atoms with Crippen LogP contribution in [-0.4, -0.2) is 45.6 Å². The van der Waals surface area contributed by atoms with Gasteiger partial charge in [-0.2, -0.15) is 10.3 Å². The zero-order chi connectivity index (χ0) is 15.4. The summed E-state index contributed by atoms with van der Waals surface area (Å²) in [6.07, 6.45) is 3.67. The van der Waals surface area contributed by atoms with E-state index in [1.807, 2.05) is 29.2 Å². The van der Waals surface area contributed by atoms with Crippen LogP contribution < -0.4 is 4.74 Å². The van der Waals surface area contributed by atoms with E-state index in [0.29, 0.717) is 5.75 Å². The first-order valence-corrected chi connectivity index (χ1v) is 8.18. The Morgan fingerprint density at radius 3 is 2.95 bits per heavy atom. The molecular formula is C15H18N4O2S. The van der Waals surface area contributed by atoms with Gasteiger partial charge < -0.3 is 9.64 Å². The molecule has 1 aromatic carbocycles. The number of likely N-dealkylation sites (tertiary alicyclic amines) is 1. The van der Waals surface area contributed by atoms with Gasteiger partial charge in [0.2, 0.25) is 5.91 Å². The molecule has 0 radical (unpaired) electrons. The first kappa shape index (κ1) is 14.9. The minimum absolute atomic E-state index is 0.145. The van der Waals surface area contributed by atoms with Crippen LogP contribution in [0.4, 0.5) is 0 Å². The van der Waals surface area contributed by atoms with Crippen molar-refractivity contribution in [3.63, 3.8) is 0 Å². The number of nitrogens with zero attached hydrogens (tertiary/aromatic N) is 3. The molecule has 1 saturated heterocycles. The average Bonchev–Trinajstić information content (AvgIpc) is 3.24. The van der Waals surface area contributed by atoms with E-state index in [4.69, 9.17) is 4.74 Å². The highest BCUT2D eigenvalue weighted by molar-refractivity contribution is 7.99. The number of carbonyl (C=O) groups is 1. The monoisotopic (exact) mass is 318 g/mol. The van der Waals surface area contributed by atoms with E-state index in [-0.39, 0.29) is 11.9 Å². The molecule has 22 heavy (non-hydrogen) atoms. The minimum atomic E-state index is 0.145. The highest BCUT2D eigenvalue weighted by Crippen LogP contribution is 2.33. The fourth-order valence-corrected chi connectivity index (χ4v) is 3.39. The molecule has 2 heterocycles. The Morgan fingerprint density at radius 1 is 1.45 bits per heavy atom. The van der Waals surface area contributed by atoms with Crippen LogP contribution in [0.25, 0.3) is 0 Å². The number of benzene rings is 1. The molecule has 3 rings (SSSR count). The number of thioether (sulfide) groups is 1. The lowest BCUT2D eigenvalue weighted by molar-refractivity contribution is -0.129. The lowest BCUT2D eigenvalue weighted by Gasteiger charge is -2.25. The standard InChI is InChI=1S/C15H18N4O2S/c1-21-12-6-4-11(5-7-12)13-3-2-8-19(13)15(20)10-22-14-9-16-18-17-14/h4-7,9,13H,2-3,8,10H2,1H3,(H,16,17,18)/t13-/m0/s1. The molecule has 1 atom stereocenters. The van der Waals surface area contributed by atoms with E-state index < -0.39 is 0 Å². The van der Waals surface area contributed by atoms with Gasteiger partial charge in [-0.15, -0.1) is 5.10 Å². The third kappa shape index (κ3) is 3.24. The third-order valence-corrected chi connectivity index (χ3v) is 4.69. The highest BCUT2D eigenvalue weighted by Gasteiger charge is 2.29. The zero-order valence-corrected chi connectivity index (χ0v) is 13.2. The van der Waals surface area contributed by atoms with E-state index in [2.05, 4.69) is 15.4 Å². The lowest BCUT2D eigenvalue weighted by atomic mass is 10.0. The maximum Gasteiger partial charge on any atom is 0.233 e. The summed E-state index contributed by atoms with van der Waals surface area (Å²) in [6, 6.07) is 8.14. The number of methoxy groups -OCH3 is 1. The smallest absolute Gasteiger partial charge is 0.233 e. The Balaban J connectivity index is 1.65. The SMILES string of the molecule is COc1ccc([C@@H]2CCCN2C(=O)CSc2cn[nH]n2)cc1. The van der Waals surface area contributed by atoms with Crippen LogP contribution in [0.1, 0.15) is 24.4 Å². The summed E-state index contributed by atoms with van der Waals surface area (Å²) in [5.41, 5.74) is 1.16. The van der Waals surface area contributed by atoms with Crippen molar-refractivity contribution >= 4 is 17.7 Å². The summed E-state index contributed by atoms with van der Waals surface area (Å²) in [7, 11) is 1.65. The van der Waals surface area contributed by atoms with Crippen LogP contribution in [0.2, 0.25) is 0 Å². The first-order valence-electron chi connectivity index (χ1n) is 7.20. The number of aromatic amines is 1. The van der Waals surface area contributed by atoms with Crippen molar-refractivity contribution in [3.05, 3.63) is 36.0 Å². The van der Waals surface area contributed by atoms with Gasteiger partial charge in [0.15, 0.2) is 0 Å². The van der Waals surface area contributed by atoms with Gasteiger partial charge >= 0.3 is 0 Å². The van der Waals surface area contributed by atoms with Gasteiger partial charge in [-0.3, -0.25) is 4.79 Å². The van der Waals surface area contributed by atoms with Crippen LogP contribution in [0.15, 0.2) is 35.5 Å². The molecular weight excluding hydrogens is 300 g/mol. The molecule has 1 aromatic heterocycles. The number of hydrogen-bond acceptors (Lipinski definition) is 5. The molecule has 1 amide bonds. The van der Waals surface area contributed by atoms with Crippen LogP contribution in [-0.2, 0) is 4.79 Å². The van der Waals surface area contributed by atoms with Gasteiger partial charge in [0.05, 0.1) is 25.1 Å². The fraction of sp³-hybridized carbons (Fsp3) is 0.400. The van der Waals surface area contributed by atoms with Gasteiger partial charge in [0.1, 0.15) is 10.8 Å². The third-order valence-electron chi connectivity index (χ3n) is 3.81. The molecule has 1 aliphatic heterocycles. The van der Waals surface area contributed by atoms with E-state index in [0.717, 1.165) is 35.7 Å². The Kier molecular flexibility index (Phi) is 4.62. The number of aromatic nitrogens is 3. The van der Waals surface area contributed by atoms with Gasteiger partial charge in [-0.1, -0.05) is 23.9 Å². The van der Waals surface area contributed by atoms with Crippen LogP contribution in [0.5, 0.6) is 5.75 Å². The van der Waals surface area contributed by atoms with E-state index in [9.17, 15) is 4.79 Å². The van der Waals surface area contributed by atoms with Crippen molar-refractivity contribution in [1.82, 2.24) is 20.3 Å². The number of amides is 1. The predicted molar refractivity (Wildman–Crippen MR) is 83.8 cm³/mol. The molecule has 0 unspecified atom stereocenters. The van der Waals surface area contributed by atoms with Gasteiger partial charge in [0, 0.05) is 6.54 Å². The second kappa shape index (κ2) is 6.83. The van der Waals surface area contributed by atoms with Crippen molar-refractivity contribution in [3.8, 4) is 5.75 Å². The van der Waals surface area contributed by atoms with Crippen LogP contribution >= 0.6 is 11.8 Å². The molecule has 0 aliphatic carbocycles. The summed E-state index contributed by atoms with van der Waals surface area (Å²) in [5.74, 6) is 1.37. The maximum absolute atomic E-state index is 12.5. The summed E-state index contributed by atoms with van der Waals surface area (Å²) >= 11 is 1.41. The maximum atomic E-state index is 12.5. The summed E-state index contributed by atoms with van der Waals surface area (Å²) in [6.45, 7) is 0.814. The highest BCUT2D eigenvalue weighted by atomic mass is 32.2. The molecule has 6 nitrogen and oxygen atoms in total. The topological polar surface area (TPSA) is 71.1 Å². The zero-order valence-electron chi connectivity index (χ0n) is 12.4. The second-order valence-electron chi connectivity index (χ2n) is 5.12. The number of ether oxygens (including phenoxy) is 1. The summed E-state index contributed by atoms with van der Waals surface area (Å²) in [4.78, 5) is 14.4. The Bertz CT molecular complexity index is 615. The molecule has 1 N–H and O–H groups in total. The number of H-pyrrole nitrogens is 1. The largest absolute Gasteiger partial charge is 0.497 e. The van der Waals surface area contributed by atoms with Crippen LogP contribution in [0, 0.1) is 0 Å². The minimum Gasteiger partial charge on any atom is -0.497 e. The van der Waals surface area contributed by atoms with E-state index in [1.54, 1.807) is 13.3 Å². The molecule has 116 valence electrons. The number of rotatable bonds is 5. The Morgan fingerprint density at radius 2 is 2.27 bits per heavy atom. The normalized spacial score (nSPS) is 17.7. The Hall–Kier alpha value is -2.02. The van der Waals surface area contributed by atoms with E-state index in [1.165, 1.54) is 11.8 Å². The lowest BCUT2D eigenvalue weighted by Crippen LogP contribution is -2.31. The number of nitrogens with one attached hydrogen (secondary N) is 1. The summed E-state index contributed by atoms with van der Waals surface area (Å²) < 4.78 is 5.19. The van der Waals surface area contributed by atoms with Gasteiger partial charge in [-0.25, -0.2) is 0 Å². The van der Waals surface area contributed by atoms with Gasteiger partial charge in [0.25, 0.3) is 0 Å². The van der Waals surface area contributed by atoms with Gasteiger partial charge in [-0.05, 0) is 30.5 Å². The van der Waals surface area contributed by atoms with Crippen molar-refractivity contribution in [2.45, 2.75) is 23.9 Å². The number of carbonyl (C=O) groups excluding carboxylic acids is 1. The molecule has 1 aliphatic rings. The molecule has 1 fully saturated rings. The number of hydrogen-bond donors (Lipinski definition) is 1. The van der Waals surface area contributed by atoms with E-state index >= 15 is 0 Å². The first-order chi connectivity index (χ1) is 10.8. The molecule has 7 heteroatoms. The summed E-state index contributed by atoms with van der Waals surface area (Å²) in [5, 5.41) is 11.0. The molecule has 0 spiro atoms. The van der Waals surface area contributed by atoms with Crippen molar-refractivity contribution in [2.24, 2.45) is 0 Å². The average molecular weight is 318 g/mol. The second-order valence-corrected chi connectivity index (χ2v) is 6.11. The van der Waals surface area contributed by atoms with Crippen molar-refractivity contribution in [2.75, 3.05) is 19.4 Å².